The topological polar surface area (TPSA) is 66.9 Å². The molecule has 1 heterocycles. The fraction of sp³-hybridized carbons (Fsp3) is 0.312. The Hall–Kier alpha value is -2.35. The monoisotopic (exact) mass is 372 g/mol. The third-order valence-electron chi connectivity index (χ3n) is 3.42. The highest BCUT2D eigenvalue weighted by Crippen LogP contribution is 2.36. The normalized spacial score (nSPS) is 12.6. The van der Waals surface area contributed by atoms with Crippen molar-refractivity contribution < 1.29 is 18.0 Å². The summed E-state index contributed by atoms with van der Waals surface area (Å²) >= 11 is 5.57. The number of amides is 1. The lowest BCUT2D eigenvalue weighted by Gasteiger charge is -2.12. The molecule has 134 valence electrons. The van der Waals surface area contributed by atoms with Crippen molar-refractivity contribution in [3.8, 4) is 0 Å². The lowest BCUT2D eigenvalue weighted by atomic mass is 10.2. The van der Waals surface area contributed by atoms with E-state index in [2.05, 4.69) is 20.6 Å². The largest absolute Gasteiger partial charge is 0.417 e. The number of carbonyl (C=O) groups excluding carboxylic acids is 1. The lowest BCUT2D eigenvalue weighted by molar-refractivity contribution is -0.137. The number of carbonyl (C=O) groups is 1. The van der Waals surface area contributed by atoms with E-state index in [0.717, 1.165) is 18.6 Å². The van der Waals surface area contributed by atoms with Crippen LogP contribution in [0, 0.1) is 0 Å². The Morgan fingerprint density at radius 2 is 2.00 bits per heavy atom. The molecule has 0 saturated heterocycles. The summed E-state index contributed by atoms with van der Waals surface area (Å²) in [6.07, 6.45) is -1.26. The Morgan fingerprint density at radius 1 is 1.28 bits per heavy atom. The molecule has 0 aliphatic carbocycles. The van der Waals surface area contributed by atoms with Gasteiger partial charge in [-0.1, -0.05) is 18.5 Å². The molecule has 1 aromatic carbocycles. The van der Waals surface area contributed by atoms with Crippen LogP contribution >= 0.6 is 11.6 Å². The molecule has 0 spiro atoms. The van der Waals surface area contributed by atoms with Crippen LogP contribution in [0.4, 0.5) is 24.7 Å². The molecular formula is C16H16ClF3N4O. The van der Waals surface area contributed by atoms with E-state index in [1.807, 2.05) is 13.8 Å². The van der Waals surface area contributed by atoms with E-state index < -0.39 is 11.7 Å². The van der Waals surface area contributed by atoms with Crippen molar-refractivity contribution in [2.75, 3.05) is 5.32 Å². The first-order valence-electron chi connectivity index (χ1n) is 7.47. The highest BCUT2D eigenvalue weighted by atomic mass is 35.5. The fourth-order valence-corrected chi connectivity index (χ4v) is 2.10. The van der Waals surface area contributed by atoms with Crippen LogP contribution < -0.4 is 10.6 Å². The van der Waals surface area contributed by atoms with Crippen LogP contribution in [0.2, 0.25) is 5.02 Å². The van der Waals surface area contributed by atoms with Gasteiger partial charge in [0.15, 0.2) is 0 Å². The molecule has 1 aromatic heterocycles. The summed E-state index contributed by atoms with van der Waals surface area (Å²) in [5.74, 6) is -0.158. The zero-order valence-electron chi connectivity index (χ0n) is 13.5. The van der Waals surface area contributed by atoms with Crippen molar-refractivity contribution >= 4 is 29.0 Å². The number of hydrogen-bond acceptors (Lipinski definition) is 4. The summed E-state index contributed by atoms with van der Waals surface area (Å²) in [5, 5.41) is 5.05. The van der Waals surface area contributed by atoms with Gasteiger partial charge in [-0.3, -0.25) is 4.79 Å². The highest BCUT2D eigenvalue weighted by molar-refractivity contribution is 6.31. The molecule has 0 radical (unpaired) electrons. The SMILES string of the molecule is CCC(C)NC(=O)c1cnc(Nc2ccc(Cl)c(C(F)(F)F)c2)cn1. The number of hydrogen-bond donors (Lipinski definition) is 2. The lowest BCUT2D eigenvalue weighted by Crippen LogP contribution is -2.32. The van der Waals surface area contributed by atoms with Crippen LogP contribution in [0.3, 0.4) is 0 Å². The van der Waals surface area contributed by atoms with Gasteiger partial charge in [0.1, 0.15) is 11.5 Å². The summed E-state index contributed by atoms with van der Waals surface area (Å²) in [6, 6.07) is 3.42. The van der Waals surface area contributed by atoms with E-state index >= 15 is 0 Å². The van der Waals surface area contributed by atoms with Gasteiger partial charge in [0.05, 0.1) is 23.0 Å². The second kappa shape index (κ2) is 7.69. The average Bonchev–Trinajstić information content (AvgIpc) is 2.56. The van der Waals surface area contributed by atoms with E-state index in [1.54, 1.807) is 0 Å². The zero-order valence-corrected chi connectivity index (χ0v) is 14.2. The van der Waals surface area contributed by atoms with Gasteiger partial charge in [0, 0.05) is 11.7 Å². The first-order chi connectivity index (χ1) is 11.7. The first kappa shape index (κ1) is 19.0. The maximum absolute atomic E-state index is 12.9. The van der Waals surface area contributed by atoms with Gasteiger partial charge < -0.3 is 10.6 Å². The van der Waals surface area contributed by atoms with E-state index in [1.165, 1.54) is 18.5 Å². The second-order valence-corrected chi connectivity index (χ2v) is 5.79. The summed E-state index contributed by atoms with van der Waals surface area (Å²) in [6.45, 7) is 3.80. The van der Waals surface area contributed by atoms with Gasteiger partial charge in [-0.15, -0.1) is 0 Å². The van der Waals surface area contributed by atoms with Crippen molar-refractivity contribution in [1.82, 2.24) is 15.3 Å². The molecule has 25 heavy (non-hydrogen) atoms. The van der Waals surface area contributed by atoms with Crippen LogP contribution in [0.25, 0.3) is 0 Å². The summed E-state index contributed by atoms with van der Waals surface area (Å²) < 4.78 is 38.6. The van der Waals surface area contributed by atoms with Gasteiger partial charge in [0.25, 0.3) is 5.91 Å². The van der Waals surface area contributed by atoms with Crippen molar-refractivity contribution in [1.29, 1.82) is 0 Å². The van der Waals surface area contributed by atoms with Gasteiger partial charge in [-0.25, -0.2) is 9.97 Å². The number of halogens is 4. The number of nitrogens with one attached hydrogen (secondary N) is 2. The Kier molecular flexibility index (Phi) is 5.84. The summed E-state index contributed by atoms with van der Waals surface area (Å²) in [7, 11) is 0. The minimum absolute atomic E-state index is 0.00181. The molecule has 2 aromatic rings. The molecule has 1 unspecified atom stereocenters. The molecule has 2 rings (SSSR count). The minimum atomic E-state index is -4.56. The Balaban J connectivity index is 2.13. The van der Waals surface area contributed by atoms with E-state index in [9.17, 15) is 18.0 Å². The van der Waals surface area contributed by atoms with E-state index in [4.69, 9.17) is 11.6 Å². The predicted molar refractivity (Wildman–Crippen MR) is 89.0 cm³/mol. The quantitative estimate of drug-likeness (QED) is 0.815. The van der Waals surface area contributed by atoms with Gasteiger partial charge in [-0.2, -0.15) is 13.2 Å². The number of alkyl halides is 3. The molecule has 0 saturated carbocycles. The summed E-state index contributed by atoms with van der Waals surface area (Å²) in [5.41, 5.74) is -0.669. The maximum Gasteiger partial charge on any atom is 0.417 e. The standard InChI is InChI=1S/C16H16ClF3N4O/c1-3-9(2)23-15(25)13-7-22-14(8-21-13)24-10-4-5-12(17)11(6-10)16(18,19)20/h4-9H,3H2,1-2H3,(H,22,24)(H,23,25). The van der Waals surface area contributed by atoms with Gasteiger partial charge >= 0.3 is 6.18 Å². The fourth-order valence-electron chi connectivity index (χ4n) is 1.88. The molecule has 1 amide bonds. The molecule has 0 aliphatic rings. The Morgan fingerprint density at radius 3 is 2.56 bits per heavy atom. The number of anilines is 2. The van der Waals surface area contributed by atoms with E-state index in [0.29, 0.717) is 0 Å². The molecular weight excluding hydrogens is 357 g/mol. The maximum atomic E-state index is 12.9. The number of benzene rings is 1. The van der Waals surface area contributed by atoms with Gasteiger partial charge in [0.2, 0.25) is 0 Å². The molecule has 2 N–H and O–H groups in total. The average molecular weight is 373 g/mol. The van der Waals surface area contributed by atoms with Crippen molar-refractivity contribution in [2.24, 2.45) is 0 Å². The molecule has 0 fully saturated rings. The minimum Gasteiger partial charge on any atom is -0.348 e. The highest BCUT2D eigenvalue weighted by Gasteiger charge is 2.33. The number of nitrogens with zero attached hydrogens (tertiary/aromatic N) is 2. The molecule has 1 atom stereocenters. The predicted octanol–water partition coefficient (Wildman–Crippen LogP) is 4.42. The number of rotatable bonds is 5. The van der Waals surface area contributed by atoms with Crippen LogP contribution in [0.15, 0.2) is 30.6 Å². The van der Waals surface area contributed by atoms with Crippen LogP contribution in [0.5, 0.6) is 0 Å². The first-order valence-corrected chi connectivity index (χ1v) is 7.85. The van der Waals surface area contributed by atoms with Crippen LogP contribution in [-0.4, -0.2) is 21.9 Å². The third kappa shape index (κ3) is 5.06. The molecule has 9 heteroatoms. The number of aromatic nitrogens is 2. The van der Waals surface area contributed by atoms with E-state index in [-0.39, 0.29) is 34.2 Å². The van der Waals surface area contributed by atoms with Crippen molar-refractivity contribution in [3.63, 3.8) is 0 Å². The Bertz CT molecular complexity index is 750. The molecule has 0 bridgehead atoms. The van der Waals surface area contributed by atoms with Crippen LogP contribution in [-0.2, 0) is 6.18 Å². The second-order valence-electron chi connectivity index (χ2n) is 5.39. The van der Waals surface area contributed by atoms with Gasteiger partial charge in [-0.05, 0) is 31.5 Å². The molecule has 0 aliphatic heterocycles. The van der Waals surface area contributed by atoms with Crippen molar-refractivity contribution in [2.45, 2.75) is 32.5 Å². The molecule has 5 nitrogen and oxygen atoms in total. The van der Waals surface area contributed by atoms with Crippen LogP contribution in [0.1, 0.15) is 36.3 Å². The summed E-state index contributed by atoms with van der Waals surface area (Å²) in [4.78, 5) is 19.9. The Labute approximate surface area is 147 Å². The smallest absolute Gasteiger partial charge is 0.348 e. The third-order valence-corrected chi connectivity index (χ3v) is 3.75. The van der Waals surface area contributed by atoms with Crippen molar-refractivity contribution in [3.05, 3.63) is 46.9 Å². The zero-order chi connectivity index (χ0) is 18.6.